The monoisotopic (exact) mass is 377 g/mol. The summed E-state index contributed by atoms with van der Waals surface area (Å²) in [4.78, 5) is 0. The summed E-state index contributed by atoms with van der Waals surface area (Å²) < 4.78 is 7.01. The summed E-state index contributed by atoms with van der Waals surface area (Å²) in [7, 11) is 0. The van der Waals surface area contributed by atoms with Crippen LogP contribution >= 0.6 is 24.8 Å². The molecule has 4 heteroatoms. The Morgan fingerprint density at radius 2 is 1.67 bits per heavy atom. The van der Waals surface area contributed by atoms with Gasteiger partial charge in [0.05, 0.1) is 0 Å². The van der Waals surface area contributed by atoms with Gasteiger partial charge in [0.15, 0.2) is 0 Å². The zero-order valence-corrected chi connectivity index (χ0v) is 16.2. The van der Waals surface area contributed by atoms with E-state index in [1.165, 1.54) is 6.42 Å². The molecule has 1 aromatic rings. The molecule has 0 spiro atoms. The molecule has 2 rings (SSSR count). The summed E-state index contributed by atoms with van der Waals surface area (Å²) >= 11 is -2.01. The second-order valence-electron chi connectivity index (χ2n) is 4.94. The van der Waals surface area contributed by atoms with E-state index in [2.05, 4.69) is 64.4 Å². The molecule has 0 heterocycles. The molecule has 0 saturated heterocycles. The SMILES string of the molecule is C[Si](c1ccccc1)=[Zr]([CH3])([CH3])[C]1=CC=CC1.Cl.Cl. The molecule has 1 aromatic carbocycles. The third kappa shape index (κ3) is 3.93. The number of benzene rings is 1. The van der Waals surface area contributed by atoms with E-state index in [1.807, 2.05) is 0 Å². The maximum Gasteiger partial charge on any atom is -0.147 e. The predicted octanol–water partition coefficient (Wildman–Crippen LogP) is 4.45. The van der Waals surface area contributed by atoms with Crippen LogP contribution in [-0.4, -0.2) is 5.43 Å². The Labute approximate surface area is 127 Å². The average molecular weight is 380 g/mol. The molecule has 1 aliphatic rings. The third-order valence-corrected chi connectivity index (χ3v) is 29.5. The zero-order chi connectivity index (χ0) is 11.6. The third-order valence-electron chi connectivity index (χ3n) is 3.72. The first-order valence-electron chi connectivity index (χ1n) is 5.88. The Morgan fingerprint density at radius 1 is 1.06 bits per heavy atom. The first-order chi connectivity index (χ1) is 7.62. The molecular weight excluding hydrogens is 358 g/mol. The van der Waals surface area contributed by atoms with E-state index in [-0.39, 0.29) is 30.2 Å². The molecular formula is C14H21Cl2SiZr. The number of rotatable bonds is 2. The Kier molecular flexibility index (Phi) is 8.01. The first-order valence-corrected chi connectivity index (χ1v) is 17.7. The van der Waals surface area contributed by atoms with E-state index in [9.17, 15) is 0 Å². The van der Waals surface area contributed by atoms with E-state index >= 15 is 0 Å². The smallest absolute Gasteiger partial charge is 0.147 e. The Balaban J connectivity index is 0.00000144. The minimum Gasteiger partial charge on any atom is -0.147 e. The molecule has 99 valence electrons. The van der Waals surface area contributed by atoms with Crippen LogP contribution in [0, 0.1) is 0 Å². The minimum absolute atomic E-state index is 0. The van der Waals surface area contributed by atoms with E-state index in [0.717, 1.165) is 0 Å². The molecule has 0 fully saturated rings. The zero-order valence-electron chi connectivity index (χ0n) is 11.1. The summed E-state index contributed by atoms with van der Waals surface area (Å²) in [5.41, 5.74) is -0.325. The van der Waals surface area contributed by atoms with E-state index in [0.29, 0.717) is 0 Å². The van der Waals surface area contributed by atoms with Crippen LogP contribution in [0.3, 0.4) is 0 Å². The second kappa shape index (κ2) is 7.85. The summed E-state index contributed by atoms with van der Waals surface area (Å²) in [6.07, 6.45) is 8.19. The van der Waals surface area contributed by atoms with Crippen LogP contribution < -0.4 is 5.19 Å². The van der Waals surface area contributed by atoms with Crippen molar-refractivity contribution in [3.05, 3.63) is 51.8 Å². The van der Waals surface area contributed by atoms with Gasteiger partial charge in [-0.15, -0.1) is 24.8 Å². The normalized spacial score (nSPS) is 13.4. The van der Waals surface area contributed by atoms with Crippen LogP contribution in [0.5, 0.6) is 0 Å². The fourth-order valence-corrected chi connectivity index (χ4v) is 18.1. The van der Waals surface area contributed by atoms with Gasteiger partial charge in [-0.2, -0.15) is 0 Å². The molecule has 1 aliphatic carbocycles. The van der Waals surface area contributed by atoms with Gasteiger partial charge < -0.3 is 0 Å². The summed E-state index contributed by atoms with van der Waals surface area (Å²) in [6.45, 7) is 2.52. The van der Waals surface area contributed by atoms with Crippen LogP contribution in [-0.2, 0) is 18.9 Å². The fourth-order valence-electron chi connectivity index (χ4n) is 2.20. The Hall–Kier alpha value is 0.380. The molecule has 0 nitrogen and oxygen atoms in total. The summed E-state index contributed by atoms with van der Waals surface area (Å²) in [5.74, 6) is 0. The van der Waals surface area contributed by atoms with Gasteiger partial charge in [-0.3, -0.25) is 0 Å². The number of hydrogen-bond acceptors (Lipinski definition) is 0. The Morgan fingerprint density at radius 3 is 2.17 bits per heavy atom. The van der Waals surface area contributed by atoms with E-state index < -0.39 is 18.9 Å². The molecule has 0 aliphatic heterocycles. The van der Waals surface area contributed by atoms with Crippen molar-refractivity contribution in [1.82, 2.24) is 0 Å². The quantitative estimate of drug-likeness (QED) is 0.666. The Bertz CT molecular complexity index is 498. The molecule has 0 amide bonds. The van der Waals surface area contributed by atoms with Crippen molar-refractivity contribution in [2.75, 3.05) is 0 Å². The van der Waals surface area contributed by atoms with Crippen LogP contribution in [0.4, 0.5) is 0 Å². The molecule has 18 heavy (non-hydrogen) atoms. The van der Waals surface area contributed by atoms with Crippen molar-refractivity contribution < 1.29 is 18.9 Å². The van der Waals surface area contributed by atoms with Gasteiger partial charge >= 0.3 is 104 Å². The van der Waals surface area contributed by atoms with Gasteiger partial charge in [-0.05, 0) is 0 Å². The van der Waals surface area contributed by atoms with Crippen LogP contribution in [0.25, 0.3) is 0 Å². The summed E-state index contributed by atoms with van der Waals surface area (Å²) in [6, 6.07) is 11.2. The molecule has 0 bridgehead atoms. The maximum absolute atomic E-state index is 2.61. The van der Waals surface area contributed by atoms with Gasteiger partial charge in [0, 0.05) is 0 Å². The van der Waals surface area contributed by atoms with E-state index in [4.69, 9.17) is 0 Å². The number of allylic oxidation sites excluding steroid dienone is 4. The number of hydrogen-bond donors (Lipinski definition) is 0. The largest absolute Gasteiger partial charge is 0.147 e. The molecule has 0 N–H and O–H groups in total. The van der Waals surface area contributed by atoms with Crippen LogP contribution in [0.2, 0.25) is 15.8 Å². The molecule has 0 unspecified atom stereocenters. The van der Waals surface area contributed by atoms with Gasteiger partial charge in [0.25, 0.3) is 0 Å². The summed E-state index contributed by atoms with van der Waals surface area (Å²) in [5, 5.41) is 1.63. The second-order valence-corrected chi connectivity index (χ2v) is 29.3. The molecule has 0 radical (unpaired) electrons. The predicted molar refractivity (Wildman–Crippen MR) is 85.8 cm³/mol. The van der Waals surface area contributed by atoms with Crippen molar-refractivity contribution in [2.45, 2.75) is 22.2 Å². The van der Waals surface area contributed by atoms with Gasteiger partial charge in [0.1, 0.15) is 0 Å². The topological polar surface area (TPSA) is 0 Å². The van der Waals surface area contributed by atoms with Crippen LogP contribution in [0.1, 0.15) is 6.42 Å². The van der Waals surface area contributed by atoms with Gasteiger partial charge in [0.2, 0.25) is 0 Å². The van der Waals surface area contributed by atoms with Gasteiger partial charge in [-0.25, -0.2) is 0 Å². The first kappa shape index (κ1) is 18.4. The van der Waals surface area contributed by atoms with Crippen molar-refractivity contribution in [3.8, 4) is 0 Å². The fraction of sp³-hybridized carbons (Fsp3) is 0.286. The molecule has 0 atom stereocenters. The van der Waals surface area contributed by atoms with Crippen molar-refractivity contribution >= 4 is 35.4 Å². The minimum atomic E-state index is -2.01. The molecule has 0 aromatic heterocycles. The maximum atomic E-state index is 2.61. The van der Waals surface area contributed by atoms with Crippen molar-refractivity contribution in [3.63, 3.8) is 0 Å². The standard InChI is InChI=1S/C7H8Si.C5H5.2CH3.2ClH.Zr/c1-8-7-5-3-2-4-6-7;1-2-4-5-3-1;;;;;/h2-6H,1H3;1-3H,4H2;2*1H3;2*1H;. The number of halogens is 2. The molecule has 0 saturated carbocycles. The van der Waals surface area contributed by atoms with Crippen molar-refractivity contribution in [2.24, 2.45) is 0 Å². The van der Waals surface area contributed by atoms with Crippen molar-refractivity contribution in [1.29, 1.82) is 0 Å². The van der Waals surface area contributed by atoms with E-state index in [1.54, 1.807) is 8.47 Å². The average Bonchev–Trinajstić information content (AvgIpc) is 2.83. The van der Waals surface area contributed by atoms with Gasteiger partial charge in [-0.1, -0.05) is 0 Å². The van der Waals surface area contributed by atoms with Crippen LogP contribution in [0.15, 0.2) is 51.8 Å².